The molecule has 0 spiro atoms. The van der Waals surface area contributed by atoms with Gasteiger partial charge in [0.1, 0.15) is 17.1 Å². The second kappa shape index (κ2) is 8.90. The van der Waals surface area contributed by atoms with Gasteiger partial charge in [-0.15, -0.1) is 11.8 Å². The van der Waals surface area contributed by atoms with Crippen LogP contribution in [-0.2, 0) is 0 Å². The van der Waals surface area contributed by atoms with E-state index in [0.29, 0.717) is 33.5 Å². The van der Waals surface area contributed by atoms with Gasteiger partial charge in [0.15, 0.2) is 11.9 Å². The van der Waals surface area contributed by atoms with Crippen LogP contribution >= 0.6 is 11.8 Å². The van der Waals surface area contributed by atoms with Crippen LogP contribution in [0.5, 0.6) is 5.75 Å². The molecular weight excluding hydrogens is 426 g/mol. The molecule has 0 amide bonds. The van der Waals surface area contributed by atoms with E-state index < -0.39 is 12.8 Å². The smallest absolute Gasteiger partial charge is 0.387 e. The van der Waals surface area contributed by atoms with Crippen molar-refractivity contribution in [3.8, 4) is 17.0 Å². The van der Waals surface area contributed by atoms with Gasteiger partial charge in [-0.05, 0) is 30.3 Å². The number of rotatable bonds is 8. The number of thioether (sulfide) groups is 1. The van der Waals surface area contributed by atoms with E-state index in [1.807, 2.05) is 13.8 Å². The van der Waals surface area contributed by atoms with E-state index >= 15 is 0 Å². The number of halogens is 2. The molecule has 3 aromatic heterocycles. The highest BCUT2D eigenvalue weighted by atomic mass is 32.2. The lowest BCUT2D eigenvalue weighted by molar-refractivity contribution is -0.0494. The van der Waals surface area contributed by atoms with E-state index in [2.05, 4.69) is 25.6 Å². The standard InChI is InChI=1S/C20H20F2N6O2S/c1-11(2)31-12-5-6-16(30-20(21)22)13(8-12)18-14(9-24-27-18)26-19(29)15-10-23-17-4-3-7-25-28(15)17/h3-11,19-20,26,29H,1-2H3,(H,24,27). The van der Waals surface area contributed by atoms with Crippen LogP contribution in [0.1, 0.15) is 25.8 Å². The van der Waals surface area contributed by atoms with E-state index in [0.717, 1.165) is 4.90 Å². The van der Waals surface area contributed by atoms with Crippen molar-refractivity contribution in [3.05, 3.63) is 54.6 Å². The Balaban J connectivity index is 1.68. The lowest BCUT2D eigenvalue weighted by atomic mass is 10.1. The fraction of sp³-hybridized carbons (Fsp3) is 0.250. The van der Waals surface area contributed by atoms with Crippen molar-refractivity contribution in [2.75, 3.05) is 5.32 Å². The molecule has 1 atom stereocenters. The van der Waals surface area contributed by atoms with Gasteiger partial charge >= 0.3 is 6.61 Å². The Kier molecular flexibility index (Phi) is 6.05. The topological polar surface area (TPSA) is 100 Å². The van der Waals surface area contributed by atoms with Crippen LogP contribution < -0.4 is 10.1 Å². The van der Waals surface area contributed by atoms with Crippen LogP contribution in [0.3, 0.4) is 0 Å². The maximum absolute atomic E-state index is 13.0. The number of ether oxygens (including phenoxy) is 1. The molecule has 8 nitrogen and oxygen atoms in total. The second-order valence-corrected chi connectivity index (χ2v) is 8.52. The Morgan fingerprint density at radius 2 is 2.10 bits per heavy atom. The van der Waals surface area contributed by atoms with Crippen molar-refractivity contribution in [1.29, 1.82) is 0 Å². The Hall–Kier alpha value is -3.18. The third-order valence-electron chi connectivity index (χ3n) is 4.31. The number of nitrogens with zero attached hydrogens (tertiary/aromatic N) is 4. The number of aliphatic hydroxyl groups is 1. The predicted molar refractivity (Wildman–Crippen MR) is 113 cm³/mol. The Morgan fingerprint density at radius 1 is 1.26 bits per heavy atom. The average molecular weight is 446 g/mol. The molecule has 3 N–H and O–H groups in total. The lowest BCUT2D eigenvalue weighted by Gasteiger charge is -2.16. The first-order valence-electron chi connectivity index (χ1n) is 9.45. The number of hydrogen-bond acceptors (Lipinski definition) is 7. The first kappa shape index (κ1) is 21.1. The molecule has 0 fully saturated rings. The zero-order valence-corrected chi connectivity index (χ0v) is 17.5. The fourth-order valence-electron chi connectivity index (χ4n) is 3.10. The highest BCUT2D eigenvalue weighted by Crippen LogP contribution is 2.38. The molecule has 162 valence electrons. The molecule has 0 radical (unpaired) electrons. The summed E-state index contributed by atoms with van der Waals surface area (Å²) >= 11 is 1.59. The van der Waals surface area contributed by atoms with Crippen LogP contribution in [0.4, 0.5) is 14.5 Å². The van der Waals surface area contributed by atoms with Gasteiger partial charge in [-0.25, -0.2) is 9.50 Å². The van der Waals surface area contributed by atoms with Crippen molar-refractivity contribution < 1.29 is 18.6 Å². The lowest BCUT2D eigenvalue weighted by Crippen LogP contribution is -2.13. The minimum Gasteiger partial charge on any atom is -0.434 e. The summed E-state index contributed by atoms with van der Waals surface area (Å²) in [6, 6.07) is 8.47. The Labute approximate surface area is 180 Å². The third-order valence-corrected chi connectivity index (χ3v) is 5.31. The molecule has 11 heteroatoms. The maximum atomic E-state index is 13.0. The summed E-state index contributed by atoms with van der Waals surface area (Å²) in [4.78, 5) is 5.09. The molecule has 0 saturated carbocycles. The molecule has 0 aliphatic rings. The summed E-state index contributed by atoms with van der Waals surface area (Å²) in [5.74, 6) is -0.00999. The summed E-state index contributed by atoms with van der Waals surface area (Å²) in [7, 11) is 0. The average Bonchev–Trinajstić information content (AvgIpc) is 3.35. The van der Waals surface area contributed by atoms with Gasteiger partial charge in [0, 0.05) is 28.1 Å². The van der Waals surface area contributed by atoms with Gasteiger partial charge in [0.2, 0.25) is 0 Å². The van der Waals surface area contributed by atoms with E-state index in [1.165, 1.54) is 23.0 Å². The SMILES string of the molecule is CC(C)Sc1ccc(OC(F)F)c(-c2n[nH]cc2NC(O)c2cnc3cccnn23)c1. The number of benzene rings is 1. The van der Waals surface area contributed by atoms with Gasteiger partial charge in [-0.3, -0.25) is 5.10 Å². The Bertz CT molecular complexity index is 1180. The minimum absolute atomic E-state index is 0.00999. The van der Waals surface area contributed by atoms with Gasteiger partial charge in [0.25, 0.3) is 0 Å². The molecule has 3 heterocycles. The van der Waals surface area contributed by atoms with Gasteiger partial charge in [-0.1, -0.05) is 13.8 Å². The first-order chi connectivity index (χ1) is 14.9. The van der Waals surface area contributed by atoms with Crippen molar-refractivity contribution in [2.24, 2.45) is 0 Å². The molecule has 0 aliphatic carbocycles. The second-order valence-electron chi connectivity index (χ2n) is 6.87. The van der Waals surface area contributed by atoms with Gasteiger partial charge < -0.3 is 15.2 Å². The Morgan fingerprint density at radius 3 is 2.87 bits per heavy atom. The van der Waals surface area contributed by atoms with Crippen LogP contribution in [0.25, 0.3) is 16.9 Å². The quantitative estimate of drug-likeness (QED) is 0.274. The molecule has 4 aromatic rings. The number of H-pyrrole nitrogens is 1. The molecule has 0 aliphatic heterocycles. The predicted octanol–water partition coefficient (Wildman–Crippen LogP) is 4.32. The molecular formula is C20H20F2N6O2S. The monoisotopic (exact) mass is 446 g/mol. The normalized spacial score (nSPS) is 12.6. The molecule has 4 rings (SSSR count). The fourth-order valence-corrected chi connectivity index (χ4v) is 3.98. The summed E-state index contributed by atoms with van der Waals surface area (Å²) in [5, 5.41) is 25.1. The number of aliphatic hydroxyl groups excluding tert-OH is 1. The molecule has 0 saturated heterocycles. The largest absolute Gasteiger partial charge is 0.434 e. The number of aromatic amines is 1. The summed E-state index contributed by atoms with van der Waals surface area (Å²) in [5.41, 5.74) is 2.11. The summed E-state index contributed by atoms with van der Waals surface area (Å²) in [6.45, 7) is 1.10. The number of alkyl halides is 2. The van der Waals surface area contributed by atoms with E-state index in [4.69, 9.17) is 4.74 Å². The molecule has 1 unspecified atom stereocenters. The van der Waals surface area contributed by atoms with Gasteiger partial charge in [-0.2, -0.15) is 19.0 Å². The molecule has 1 aromatic carbocycles. The summed E-state index contributed by atoms with van der Waals surface area (Å²) < 4.78 is 32.2. The highest BCUT2D eigenvalue weighted by Gasteiger charge is 2.21. The van der Waals surface area contributed by atoms with Crippen molar-refractivity contribution in [3.63, 3.8) is 0 Å². The van der Waals surface area contributed by atoms with Crippen molar-refractivity contribution in [1.82, 2.24) is 24.8 Å². The summed E-state index contributed by atoms with van der Waals surface area (Å²) in [6.07, 6.45) is 3.45. The highest BCUT2D eigenvalue weighted by molar-refractivity contribution is 7.99. The number of nitrogens with one attached hydrogen (secondary N) is 2. The van der Waals surface area contributed by atoms with E-state index in [-0.39, 0.29) is 5.75 Å². The number of imidazole rings is 1. The van der Waals surface area contributed by atoms with Gasteiger partial charge in [0.05, 0.1) is 11.9 Å². The zero-order chi connectivity index (χ0) is 22.0. The molecule has 31 heavy (non-hydrogen) atoms. The number of hydrogen-bond donors (Lipinski definition) is 3. The molecule has 0 bridgehead atoms. The zero-order valence-electron chi connectivity index (χ0n) is 16.7. The van der Waals surface area contributed by atoms with Crippen molar-refractivity contribution >= 4 is 23.1 Å². The number of fused-ring (bicyclic) bond motifs is 1. The van der Waals surface area contributed by atoms with Crippen LogP contribution in [-0.4, -0.2) is 41.8 Å². The van der Waals surface area contributed by atoms with E-state index in [1.54, 1.807) is 42.2 Å². The minimum atomic E-state index is -2.98. The van der Waals surface area contributed by atoms with Crippen LogP contribution in [0, 0.1) is 0 Å². The first-order valence-corrected chi connectivity index (χ1v) is 10.3. The third kappa shape index (κ3) is 4.62. The van der Waals surface area contributed by atoms with E-state index in [9.17, 15) is 13.9 Å². The van der Waals surface area contributed by atoms with Crippen LogP contribution in [0.15, 0.2) is 53.8 Å². The van der Waals surface area contributed by atoms with Crippen LogP contribution in [0.2, 0.25) is 0 Å². The maximum Gasteiger partial charge on any atom is 0.387 e. The number of aromatic nitrogens is 5. The van der Waals surface area contributed by atoms with Crippen molar-refractivity contribution in [2.45, 2.75) is 36.8 Å². The number of anilines is 1.